The number of nitrogens with one attached hydrogen (secondary N) is 2. The monoisotopic (exact) mass is 522 g/mol. The van der Waals surface area contributed by atoms with Crippen LogP contribution in [0.15, 0.2) is 42.5 Å². The molecule has 3 nitrogen and oxygen atoms in total. The van der Waals surface area contributed by atoms with E-state index in [9.17, 15) is 4.79 Å². The second-order valence-corrected chi connectivity index (χ2v) is 7.20. The first-order valence-corrected chi connectivity index (χ1v) is 8.66. The number of benzene rings is 2. The maximum Gasteiger partial charge on any atom is 0.257 e. The van der Waals surface area contributed by atoms with Gasteiger partial charge in [-0.1, -0.05) is 6.07 Å². The molecule has 0 aliphatic carbocycles. The third-order valence-electron chi connectivity index (χ3n) is 2.76. The Labute approximate surface area is 156 Å². The van der Waals surface area contributed by atoms with Gasteiger partial charge in [-0.25, -0.2) is 0 Å². The van der Waals surface area contributed by atoms with Gasteiger partial charge in [-0.3, -0.25) is 10.1 Å². The number of rotatable bonds is 2. The van der Waals surface area contributed by atoms with Crippen molar-refractivity contribution in [3.8, 4) is 0 Å². The van der Waals surface area contributed by atoms with Gasteiger partial charge >= 0.3 is 0 Å². The molecule has 108 valence electrons. The van der Waals surface area contributed by atoms with E-state index in [2.05, 4.69) is 55.8 Å². The highest BCUT2D eigenvalue weighted by Gasteiger charge is 2.09. The fraction of sp³-hybridized carbons (Fsp3) is 0.0667. The Hall–Kier alpha value is -0.740. The largest absolute Gasteiger partial charge is 0.332 e. The normalized spacial score (nSPS) is 10.0. The number of carbonyl (C=O) groups excluding carboxylic acids is 1. The van der Waals surface area contributed by atoms with Crippen molar-refractivity contribution in [2.24, 2.45) is 0 Å². The number of thiocarbonyl (C=S) groups is 1. The molecular weight excluding hydrogens is 510 g/mol. The van der Waals surface area contributed by atoms with Crippen LogP contribution in [0.4, 0.5) is 5.69 Å². The Morgan fingerprint density at radius 3 is 2.38 bits per heavy atom. The molecule has 6 heteroatoms. The molecule has 0 heterocycles. The Morgan fingerprint density at radius 2 is 1.76 bits per heavy atom. The molecule has 2 N–H and O–H groups in total. The molecule has 21 heavy (non-hydrogen) atoms. The van der Waals surface area contributed by atoms with Gasteiger partial charge in [-0.05, 0) is 106 Å². The third-order valence-corrected chi connectivity index (χ3v) is 4.85. The van der Waals surface area contributed by atoms with Crippen LogP contribution in [0.1, 0.15) is 15.9 Å². The number of hydrogen-bond acceptors (Lipinski definition) is 2. The summed E-state index contributed by atoms with van der Waals surface area (Å²) in [6.07, 6.45) is 0. The predicted octanol–water partition coefficient (Wildman–Crippen LogP) is 4.33. The maximum absolute atomic E-state index is 12.1. The van der Waals surface area contributed by atoms with Crippen LogP contribution < -0.4 is 10.6 Å². The minimum Gasteiger partial charge on any atom is -0.332 e. The maximum atomic E-state index is 12.1. The molecule has 0 atom stereocenters. The lowest BCUT2D eigenvalue weighted by molar-refractivity contribution is 0.0977. The summed E-state index contributed by atoms with van der Waals surface area (Å²) in [6.45, 7) is 2.01. The van der Waals surface area contributed by atoms with Crippen molar-refractivity contribution < 1.29 is 4.79 Å². The van der Waals surface area contributed by atoms with Gasteiger partial charge in [0.15, 0.2) is 5.11 Å². The molecule has 0 aliphatic rings. The summed E-state index contributed by atoms with van der Waals surface area (Å²) in [4.78, 5) is 12.1. The molecule has 0 radical (unpaired) electrons. The first-order chi connectivity index (χ1) is 9.95. The van der Waals surface area contributed by atoms with Crippen molar-refractivity contribution in [3.05, 3.63) is 60.7 Å². The summed E-state index contributed by atoms with van der Waals surface area (Å²) >= 11 is 9.60. The number of hydrogen-bond donors (Lipinski definition) is 2. The van der Waals surface area contributed by atoms with Gasteiger partial charge in [0.1, 0.15) is 0 Å². The van der Waals surface area contributed by atoms with Gasteiger partial charge in [0.05, 0.1) is 0 Å². The quantitative estimate of drug-likeness (QED) is 0.456. The molecule has 0 aliphatic heterocycles. The fourth-order valence-corrected chi connectivity index (χ4v) is 2.69. The Morgan fingerprint density at radius 1 is 1.10 bits per heavy atom. The zero-order valence-corrected chi connectivity index (χ0v) is 16.2. The summed E-state index contributed by atoms with van der Waals surface area (Å²) in [6, 6.07) is 13.3. The summed E-state index contributed by atoms with van der Waals surface area (Å²) in [5.41, 5.74) is 2.59. The zero-order valence-electron chi connectivity index (χ0n) is 11.1. The Kier molecular flexibility index (Phi) is 5.94. The lowest BCUT2D eigenvalue weighted by Gasteiger charge is -2.10. The van der Waals surface area contributed by atoms with Crippen LogP contribution in [0.25, 0.3) is 0 Å². The molecule has 1 amide bonds. The first-order valence-electron chi connectivity index (χ1n) is 6.10. The topological polar surface area (TPSA) is 41.1 Å². The standard InChI is InChI=1S/C15H12I2N2OS/c1-9-2-3-10(8-13(9)17)14(20)19-15(21)18-12-6-4-11(16)5-7-12/h2-8H,1H3,(H2,18,19,20,21). The fourth-order valence-electron chi connectivity index (χ4n) is 1.60. The summed E-state index contributed by atoms with van der Waals surface area (Å²) in [5, 5.41) is 5.96. The van der Waals surface area contributed by atoms with E-state index in [0.29, 0.717) is 5.56 Å². The average molecular weight is 522 g/mol. The number of carbonyl (C=O) groups is 1. The van der Waals surface area contributed by atoms with Crippen molar-refractivity contribution in [2.45, 2.75) is 6.92 Å². The van der Waals surface area contributed by atoms with Crippen LogP contribution >= 0.6 is 57.4 Å². The summed E-state index contributed by atoms with van der Waals surface area (Å²) in [5.74, 6) is -0.212. The van der Waals surface area contributed by atoms with Crippen LogP contribution in [0.5, 0.6) is 0 Å². The lowest BCUT2D eigenvalue weighted by Crippen LogP contribution is -2.34. The van der Waals surface area contributed by atoms with Crippen LogP contribution in [0, 0.1) is 14.1 Å². The molecule has 2 aromatic rings. The number of anilines is 1. The van der Waals surface area contributed by atoms with E-state index in [1.54, 1.807) is 6.07 Å². The molecular formula is C15H12I2N2OS. The van der Waals surface area contributed by atoms with Gasteiger partial charge in [-0.15, -0.1) is 0 Å². The molecule has 0 fully saturated rings. The van der Waals surface area contributed by atoms with Gasteiger partial charge in [0, 0.05) is 18.4 Å². The molecule has 0 saturated carbocycles. The van der Waals surface area contributed by atoms with Crippen LogP contribution in [-0.2, 0) is 0 Å². The highest BCUT2D eigenvalue weighted by molar-refractivity contribution is 14.1. The van der Waals surface area contributed by atoms with Crippen molar-refractivity contribution in [3.63, 3.8) is 0 Å². The number of amides is 1. The van der Waals surface area contributed by atoms with E-state index in [0.717, 1.165) is 18.4 Å². The first kappa shape index (κ1) is 16.6. The Balaban J connectivity index is 2.00. The van der Waals surface area contributed by atoms with Crippen LogP contribution in [0.3, 0.4) is 0 Å². The third kappa shape index (κ3) is 4.89. The molecule has 2 rings (SSSR count). The lowest BCUT2D eigenvalue weighted by atomic mass is 10.1. The van der Waals surface area contributed by atoms with Crippen molar-refractivity contribution in [1.29, 1.82) is 0 Å². The molecule has 0 saturated heterocycles. The molecule has 2 aromatic carbocycles. The SMILES string of the molecule is Cc1ccc(C(=O)NC(=S)Nc2ccc(I)cc2)cc1I. The predicted molar refractivity (Wildman–Crippen MR) is 107 cm³/mol. The van der Waals surface area contributed by atoms with Crippen molar-refractivity contribution in [1.82, 2.24) is 5.32 Å². The van der Waals surface area contributed by atoms with Gasteiger partial charge in [0.2, 0.25) is 0 Å². The molecule has 0 unspecified atom stereocenters. The van der Waals surface area contributed by atoms with E-state index in [4.69, 9.17) is 12.2 Å². The van der Waals surface area contributed by atoms with E-state index in [1.807, 2.05) is 43.3 Å². The van der Waals surface area contributed by atoms with E-state index in [-0.39, 0.29) is 11.0 Å². The van der Waals surface area contributed by atoms with Gasteiger partial charge < -0.3 is 5.32 Å². The summed E-state index contributed by atoms with van der Waals surface area (Å²) in [7, 11) is 0. The minimum absolute atomic E-state index is 0.212. The van der Waals surface area contributed by atoms with Crippen LogP contribution in [-0.4, -0.2) is 11.0 Å². The zero-order chi connectivity index (χ0) is 15.4. The van der Waals surface area contributed by atoms with E-state index >= 15 is 0 Å². The second kappa shape index (κ2) is 7.50. The van der Waals surface area contributed by atoms with Crippen LogP contribution in [0.2, 0.25) is 0 Å². The average Bonchev–Trinajstić information content (AvgIpc) is 2.44. The van der Waals surface area contributed by atoms with Gasteiger partial charge in [0.25, 0.3) is 5.91 Å². The Bertz CT molecular complexity index is 687. The van der Waals surface area contributed by atoms with E-state index < -0.39 is 0 Å². The van der Waals surface area contributed by atoms with Crippen molar-refractivity contribution >= 4 is 74.1 Å². The molecule has 0 spiro atoms. The number of aryl methyl sites for hydroxylation is 1. The van der Waals surface area contributed by atoms with Gasteiger partial charge in [-0.2, -0.15) is 0 Å². The highest BCUT2D eigenvalue weighted by atomic mass is 127. The smallest absolute Gasteiger partial charge is 0.257 e. The minimum atomic E-state index is -0.212. The van der Waals surface area contributed by atoms with Crippen molar-refractivity contribution in [2.75, 3.05) is 5.32 Å². The number of halogens is 2. The molecule has 0 bridgehead atoms. The second-order valence-electron chi connectivity index (χ2n) is 4.38. The van der Waals surface area contributed by atoms with E-state index in [1.165, 1.54) is 0 Å². The summed E-state index contributed by atoms with van der Waals surface area (Å²) < 4.78 is 2.19. The highest BCUT2D eigenvalue weighted by Crippen LogP contribution is 2.14. The molecule has 0 aromatic heterocycles.